The minimum Gasteiger partial charge on any atom is -0.369 e. The van der Waals surface area contributed by atoms with E-state index in [1.807, 2.05) is 37.4 Å². The van der Waals surface area contributed by atoms with Gasteiger partial charge in [-0.25, -0.2) is 0 Å². The van der Waals surface area contributed by atoms with Gasteiger partial charge in [-0.3, -0.25) is 9.78 Å². The fraction of sp³-hybridized carbons (Fsp3) is 0.375. The van der Waals surface area contributed by atoms with E-state index in [0.717, 1.165) is 16.5 Å². The molecule has 0 aliphatic carbocycles. The summed E-state index contributed by atoms with van der Waals surface area (Å²) in [6.45, 7) is 4.74. The number of para-hydroxylation sites is 1. The number of ether oxygens (including phenoxy) is 1. The number of hydrogen-bond acceptors (Lipinski definition) is 3. The predicted molar refractivity (Wildman–Crippen MR) is 79.3 cm³/mol. The molecule has 0 fully saturated rings. The number of carbonyl (C=O) groups is 1. The highest BCUT2D eigenvalue weighted by Gasteiger charge is 2.17. The molecule has 1 atom stereocenters. The minimum atomic E-state index is -0.404. The van der Waals surface area contributed by atoms with Crippen molar-refractivity contribution in [1.29, 1.82) is 0 Å². The maximum absolute atomic E-state index is 12.1. The van der Waals surface area contributed by atoms with Gasteiger partial charge in [0.05, 0.1) is 5.52 Å². The Kier molecular flexibility index (Phi) is 4.69. The minimum absolute atomic E-state index is 0.0139. The van der Waals surface area contributed by atoms with Gasteiger partial charge in [0.1, 0.15) is 6.10 Å². The molecule has 0 aliphatic rings. The summed E-state index contributed by atoms with van der Waals surface area (Å²) in [4.78, 5) is 18.2. The van der Waals surface area contributed by atoms with Crippen molar-refractivity contribution in [2.24, 2.45) is 0 Å². The number of pyridine rings is 1. The van der Waals surface area contributed by atoms with Crippen LogP contribution < -0.4 is 0 Å². The number of benzene rings is 1. The quantitative estimate of drug-likeness (QED) is 0.840. The molecule has 0 N–H and O–H groups in total. The summed E-state index contributed by atoms with van der Waals surface area (Å²) in [5.74, 6) is -0.0139. The average Bonchev–Trinajstić information content (AvgIpc) is 2.46. The number of rotatable bonds is 5. The first-order valence-electron chi connectivity index (χ1n) is 6.82. The van der Waals surface area contributed by atoms with Crippen molar-refractivity contribution < 1.29 is 9.53 Å². The molecule has 0 unspecified atom stereocenters. The number of likely N-dealkylation sites (N-methyl/N-ethyl adjacent to an activating group) is 1. The van der Waals surface area contributed by atoms with E-state index in [0.29, 0.717) is 13.2 Å². The van der Waals surface area contributed by atoms with Crippen molar-refractivity contribution in [2.75, 3.05) is 13.7 Å². The van der Waals surface area contributed by atoms with Gasteiger partial charge in [0, 0.05) is 31.8 Å². The molecule has 0 aliphatic heterocycles. The zero-order valence-corrected chi connectivity index (χ0v) is 12.2. The maximum Gasteiger partial charge on any atom is 0.251 e. The first-order chi connectivity index (χ1) is 9.61. The summed E-state index contributed by atoms with van der Waals surface area (Å²) < 4.78 is 5.33. The summed E-state index contributed by atoms with van der Waals surface area (Å²) in [5, 5.41) is 1.09. The van der Waals surface area contributed by atoms with E-state index >= 15 is 0 Å². The molecule has 0 saturated heterocycles. The van der Waals surface area contributed by atoms with Crippen LogP contribution in [-0.2, 0) is 16.1 Å². The highest BCUT2D eigenvalue weighted by atomic mass is 16.5. The molecular formula is C16H20N2O2. The van der Waals surface area contributed by atoms with Crippen LogP contribution in [0.15, 0.2) is 36.5 Å². The number of carbonyl (C=O) groups excluding carboxylic acids is 1. The van der Waals surface area contributed by atoms with Crippen LogP contribution in [0.5, 0.6) is 0 Å². The van der Waals surface area contributed by atoms with Gasteiger partial charge >= 0.3 is 0 Å². The van der Waals surface area contributed by atoms with Gasteiger partial charge < -0.3 is 9.64 Å². The third-order valence-corrected chi connectivity index (χ3v) is 3.21. The molecule has 1 amide bonds. The van der Waals surface area contributed by atoms with Gasteiger partial charge in [-0.15, -0.1) is 0 Å². The van der Waals surface area contributed by atoms with Gasteiger partial charge in [-0.05, 0) is 31.5 Å². The number of amides is 1. The Morgan fingerprint density at radius 2 is 2.15 bits per heavy atom. The Bertz CT molecular complexity index is 598. The summed E-state index contributed by atoms with van der Waals surface area (Å²) in [5.41, 5.74) is 1.98. The average molecular weight is 272 g/mol. The predicted octanol–water partition coefficient (Wildman–Crippen LogP) is 2.62. The van der Waals surface area contributed by atoms with Crippen molar-refractivity contribution in [1.82, 2.24) is 9.88 Å². The largest absolute Gasteiger partial charge is 0.369 e. The molecule has 0 saturated carbocycles. The lowest BCUT2D eigenvalue weighted by Gasteiger charge is -2.21. The second kappa shape index (κ2) is 6.48. The molecule has 4 nitrogen and oxygen atoms in total. The second-order valence-electron chi connectivity index (χ2n) is 4.83. The normalized spacial score (nSPS) is 12.3. The monoisotopic (exact) mass is 272 g/mol. The molecule has 0 spiro atoms. The number of hydrogen-bond donors (Lipinski definition) is 0. The molecule has 2 aromatic rings. The molecule has 20 heavy (non-hydrogen) atoms. The highest BCUT2D eigenvalue weighted by molar-refractivity contribution is 5.81. The topological polar surface area (TPSA) is 42.4 Å². The van der Waals surface area contributed by atoms with Gasteiger partial charge in [0.2, 0.25) is 0 Å². The van der Waals surface area contributed by atoms with Gasteiger partial charge in [-0.1, -0.05) is 18.2 Å². The van der Waals surface area contributed by atoms with Crippen molar-refractivity contribution in [3.8, 4) is 0 Å². The van der Waals surface area contributed by atoms with Crippen molar-refractivity contribution >= 4 is 16.8 Å². The molecule has 106 valence electrons. The van der Waals surface area contributed by atoms with E-state index < -0.39 is 6.10 Å². The molecule has 1 heterocycles. The molecule has 0 radical (unpaired) electrons. The third kappa shape index (κ3) is 3.33. The molecule has 1 aromatic carbocycles. The lowest BCUT2D eigenvalue weighted by atomic mass is 10.1. The summed E-state index contributed by atoms with van der Waals surface area (Å²) in [6, 6.07) is 10.0. The highest BCUT2D eigenvalue weighted by Crippen LogP contribution is 2.14. The van der Waals surface area contributed by atoms with Crippen LogP contribution in [0.25, 0.3) is 10.9 Å². The van der Waals surface area contributed by atoms with Crippen LogP contribution in [0.1, 0.15) is 19.4 Å². The molecule has 0 bridgehead atoms. The van der Waals surface area contributed by atoms with E-state index in [1.165, 1.54) is 0 Å². The second-order valence-corrected chi connectivity index (χ2v) is 4.83. The number of nitrogens with zero attached hydrogens (tertiary/aromatic N) is 2. The molecule has 1 aromatic heterocycles. The zero-order valence-electron chi connectivity index (χ0n) is 12.2. The maximum atomic E-state index is 12.1. The smallest absolute Gasteiger partial charge is 0.251 e. The molecule has 4 heteroatoms. The van der Waals surface area contributed by atoms with E-state index in [-0.39, 0.29) is 5.91 Å². The van der Waals surface area contributed by atoms with E-state index in [1.54, 1.807) is 18.9 Å². The van der Waals surface area contributed by atoms with Crippen molar-refractivity contribution in [3.63, 3.8) is 0 Å². The summed E-state index contributed by atoms with van der Waals surface area (Å²) >= 11 is 0. The Morgan fingerprint density at radius 1 is 1.40 bits per heavy atom. The van der Waals surface area contributed by atoms with E-state index in [9.17, 15) is 4.79 Å². The van der Waals surface area contributed by atoms with Crippen LogP contribution >= 0.6 is 0 Å². The SMILES string of the molecule is CCO[C@H](C)C(=O)N(C)Cc1cnc2ccccc2c1. The zero-order chi connectivity index (χ0) is 14.5. The van der Waals surface area contributed by atoms with Crippen LogP contribution in [0.4, 0.5) is 0 Å². The summed E-state index contributed by atoms with van der Waals surface area (Å²) in [7, 11) is 1.78. The lowest BCUT2D eigenvalue weighted by Crippen LogP contribution is -2.35. The fourth-order valence-corrected chi connectivity index (χ4v) is 2.19. The Balaban J connectivity index is 2.09. The van der Waals surface area contributed by atoms with Gasteiger partial charge in [-0.2, -0.15) is 0 Å². The van der Waals surface area contributed by atoms with E-state index in [4.69, 9.17) is 4.74 Å². The van der Waals surface area contributed by atoms with Crippen molar-refractivity contribution in [2.45, 2.75) is 26.5 Å². The first kappa shape index (κ1) is 14.5. The van der Waals surface area contributed by atoms with Gasteiger partial charge in [0.25, 0.3) is 5.91 Å². The van der Waals surface area contributed by atoms with Crippen LogP contribution in [-0.4, -0.2) is 35.5 Å². The lowest BCUT2D eigenvalue weighted by molar-refractivity contribution is -0.141. The Hall–Kier alpha value is -1.94. The van der Waals surface area contributed by atoms with Gasteiger partial charge in [0.15, 0.2) is 0 Å². The van der Waals surface area contributed by atoms with Crippen LogP contribution in [0.3, 0.4) is 0 Å². The molecular weight excluding hydrogens is 252 g/mol. The van der Waals surface area contributed by atoms with Crippen molar-refractivity contribution in [3.05, 3.63) is 42.1 Å². The standard InChI is InChI=1S/C16H20N2O2/c1-4-20-12(2)16(19)18(3)11-13-9-14-7-5-6-8-15(14)17-10-13/h5-10,12H,4,11H2,1-3H3/t12-/m1/s1. The van der Waals surface area contributed by atoms with E-state index in [2.05, 4.69) is 11.1 Å². The Morgan fingerprint density at radius 3 is 2.90 bits per heavy atom. The number of aromatic nitrogens is 1. The fourth-order valence-electron chi connectivity index (χ4n) is 2.19. The summed E-state index contributed by atoms with van der Waals surface area (Å²) in [6.07, 6.45) is 1.41. The number of fused-ring (bicyclic) bond motifs is 1. The van der Waals surface area contributed by atoms with Crippen LogP contribution in [0, 0.1) is 0 Å². The Labute approximate surface area is 119 Å². The first-order valence-corrected chi connectivity index (χ1v) is 6.82. The van der Waals surface area contributed by atoms with Crippen LogP contribution in [0.2, 0.25) is 0 Å². The third-order valence-electron chi connectivity index (χ3n) is 3.21. The molecule has 2 rings (SSSR count).